The van der Waals surface area contributed by atoms with Gasteiger partial charge in [-0.05, 0) is 36.4 Å². The second-order valence-corrected chi connectivity index (χ2v) is 8.92. The molecule has 162 valence electrons. The molecule has 0 aliphatic carbocycles. The Morgan fingerprint density at radius 3 is 2.30 bits per heavy atom. The van der Waals surface area contributed by atoms with Crippen molar-refractivity contribution < 1.29 is 31.1 Å². The van der Waals surface area contributed by atoms with Gasteiger partial charge in [-0.15, -0.1) is 0 Å². The Morgan fingerprint density at radius 2 is 1.73 bits per heavy atom. The lowest BCUT2D eigenvalue weighted by atomic mass is 10.1. The second-order valence-electron chi connectivity index (χ2n) is 6.57. The summed E-state index contributed by atoms with van der Waals surface area (Å²) in [6.45, 7) is 0.129. The number of carbonyl (C=O) groups is 1. The van der Waals surface area contributed by atoms with Crippen LogP contribution in [0.1, 0.15) is 15.9 Å². The normalized spacial score (nSPS) is 15.8. The van der Waals surface area contributed by atoms with E-state index in [1.54, 1.807) is 0 Å². The zero-order valence-corrected chi connectivity index (χ0v) is 17.4. The number of amides is 1. The number of sulfonamides is 1. The number of nitrogens with zero attached hydrogens (tertiary/aromatic N) is 2. The van der Waals surface area contributed by atoms with E-state index in [2.05, 4.69) is 0 Å². The van der Waals surface area contributed by atoms with E-state index in [4.69, 9.17) is 16.3 Å². The summed E-state index contributed by atoms with van der Waals surface area (Å²) in [4.78, 5) is 13.9. The van der Waals surface area contributed by atoms with Crippen LogP contribution in [0.25, 0.3) is 0 Å². The molecule has 0 N–H and O–H groups in total. The molecule has 30 heavy (non-hydrogen) atoms. The van der Waals surface area contributed by atoms with Gasteiger partial charge in [-0.25, -0.2) is 8.42 Å². The van der Waals surface area contributed by atoms with Gasteiger partial charge >= 0.3 is 6.18 Å². The van der Waals surface area contributed by atoms with Crippen LogP contribution in [0, 0.1) is 0 Å². The molecule has 0 radical (unpaired) electrons. The minimum atomic E-state index is -4.55. The molecule has 1 aliphatic heterocycles. The van der Waals surface area contributed by atoms with Crippen LogP contribution in [0.5, 0.6) is 5.75 Å². The number of piperazine rings is 1. The van der Waals surface area contributed by atoms with Gasteiger partial charge in [0.25, 0.3) is 5.91 Å². The summed E-state index contributed by atoms with van der Waals surface area (Å²) >= 11 is 6.01. The van der Waals surface area contributed by atoms with Crippen molar-refractivity contribution in [2.24, 2.45) is 0 Å². The van der Waals surface area contributed by atoms with Crippen molar-refractivity contribution >= 4 is 27.5 Å². The van der Waals surface area contributed by atoms with Crippen molar-refractivity contribution in [3.63, 3.8) is 0 Å². The summed E-state index contributed by atoms with van der Waals surface area (Å²) in [5.41, 5.74) is -1.01. The molecule has 3 rings (SSSR count). The summed E-state index contributed by atoms with van der Waals surface area (Å²) in [7, 11) is -2.43. The van der Waals surface area contributed by atoms with Crippen LogP contribution in [-0.4, -0.2) is 56.8 Å². The third-order valence-corrected chi connectivity index (χ3v) is 6.91. The van der Waals surface area contributed by atoms with Crippen LogP contribution in [0.4, 0.5) is 13.2 Å². The van der Waals surface area contributed by atoms with E-state index >= 15 is 0 Å². The standard InChI is InChI=1S/C19H18ClF3N2O4S/c1-29-17-6-5-15(12-16(17)20)30(27,28)25-9-7-24(8-10-25)18(26)13-3-2-4-14(11-13)19(21,22)23/h2-6,11-12H,7-10H2,1H3. The smallest absolute Gasteiger partial charge is 0.416 e. The Kier molecular flexibility index (Phi) is 6.30. The van der Waals surface area contributed by atoms with Crippen molar-refractivity contribution in [2.75, 3.05) is 33.3 Å². The topological polar surface area (TPSA) is 66.9 Å². The van der Waals surface area contributed by atoms with Gasteiger partial charge in [0.1, 0.15) is 5.75 Å². The highest BCUT2D eigenvalue weighted by Gasteiger charge is 2.33. The minimum Gasteiger partial charge on any atom is -0.495 e. The molecule has 1 amide bonds. The molecule has 1 saturated heterocycles. The van der Waals surface area contributed by atoms with E-state index in [-0.39, 0.29) is 41.7 Å². The highest BCUT2D eigenvalue weighted by Crippen LogP contribution is 2.31. The maximum Gasteiger partial charge on any atom is 0.416 e. The fraction of sp³-hybridized carbons (Fsp3) is 0.316. The quantitative estimate of drug-likeness (QED) is 0.697. The first-order valence-electron chi connectivity index (χ1n) is 8.84. The van der Waals surface area contributed by atoms with Gasteiger partial charge in [-0.3, -0.25) is 4.79 Å². The third kappa shape index (κ3) is 4.55. The van der Waals surface area contributed by atoms with Gasteiger partial charge < -0.3 is 9.64 Å². The van der Waals surface area contributed by atoms with Crippen molar-refractivity contribution in [3.05, 3.63) is 58.6 Å². The molecule has 1 heterocycles. The molecule has 6 nitrogen and oxygen atoms in total. The van der Waals surface area contributed by atoms with Crippen LogP contribution in [0.3, 0.4) is 0 Å². The van der Waals surface area contributed by atoms with Crippen molar-refractivity contribution in [2.45, 2.75) is 11.1 Å². The molecule has 1 fully saturated rings. The van der Waals surface area contributed by atoms with Crippen molar-refractivity contribution in [1.82, 2.24) is 9.21 Å². The minimum absolute atomic E-state index is 0.00838. The van der Waals surface area contributed by atoms with Gasteiger partial charge in [-0.1, -0.05) is 17.7 Å². The Labute approximate surface area is 176 Å². The van der Waals surface area contributed by atoms with Crippen molar-refractivity contribution in [3.8, 4) is 5.75 Å². The van der Waals surface area contributed by atoms with Crippen LogP contribution in [0.15, 0.2) is 47.4 Å². The predicted molar refractivity (Wildman–Crippen MR) is 104 cm³/mol. The second kappa shape index (κ2) is 8.44. The monoisotopic (exact) mass is 462 g/mol. The number of halogens is 4. The lowest BCUT2D eigenvalue weighted by Gasteiger charge is -2.34. The zero-order valence-electron chi connectivity index (χ0n) is 15.8. The van der Waals surface area contributed by atoms with Gasteiger partial charge in [-0.2, -0.15) is 17.5 Å². The summed E-state index contributed by atoms with van der Waals surface area (Å²) in [6, 6.07) is 8.27. The van der Waals surface area contributed by atoms with E-state index in [1.807, 2.05) is 0 Å². The molecule has 0 bridgehead atoms. The Balaban J connectivity index is 1.71. The summed E-state index contributed by atoms with van der Waals surface area (Å²) in [5.74, 6) is -0.238. The molecular weight excluding hydrogens is 445 g/mol. The maximum absolute atomic E-state index is 12.9. The molecular formula is C19H18ClF3N2O4S. The molecule has 2 aromatic rings. The number of hydrogen-bond donors (Lipinski definition) is 0. The highest BCUT2D eigenvalue weighted by atomic mass is 35.5. The first-order chi connectivity index (χ1) is 14.0. The Bertz CT molecular complexity index is 1050. The van der Waals surface area contributed by atoms with Crippen LogP contribution >= 0.6 is 11.6 Å². The average molecular weight is 463 g/mol. The highest BCUT2D eigenvalue weighted by molar-refractivity contribution is 7.89. The lowest BCUT2D eigenvalue weighted by Crippen LogP contribution is -2.50. The number of alkyl halides is 3. The fourth-order valence-corrected chi connectivity index (χ4v) is 4.87. The van der Waals surface area contributed by atoms with E-state index in [1.165, 1.54) is 46.6 Å². The molecule has 1 aliphatic rings. The number of ether oxygens (including phenoxy) is 1. The number of hydrogen-bond acceptors (Lipinski definition) is 4. The number of carbonyl (C=O) groups excluding carboxylic acids is 1. The maximum atomic E-state index is 12.9. The molecule has 0 unspecified atom stereocenters. The van der Waals surface area contributed by atoms with Crippen LogP contribution < -0.4 is 4.74 Å². The SMILES string of the molecule is COc1ccc(S(=O)(=O)N2CCN(C(=O)c3cccc(C(F)(F)F)c3)CC2)cc1Cl. The molecule has 11 heteroatoms. The molecule has 2 aromatic carbocycles. The summed E-state index contributed by atoms with van der Waals surface area (Å²) in [5, 5.41) is 0.150. The van der Waals surface area contributed by atoms with E-state index < -0.39 is 27.7 Å². The van der Waals surface area contributed by atoms with E-state index in [9.17, 15) is 26.4 Å². The predicted octanol–water partition coefficient (Wildman–Crippen LogP) is 3.51. The van der Waals surface area contributed by atoms with Gasteiger partial charge in [0.05, 0.1) is 22.6 Å². The first-order valence-corrected chi connectivity index (χ1v) is 10.7. The number of methoxy groups -OCH3 is 1. The average Bonchev–Trinajstić information content (AvgIpc) is 2.72. The molecule has 0 saturated carbocycles. The molecule has 0 atom stereocenters. The Hall–Kier alpha value is -2.30. The van der Waals surface area contributed by atoms with Gasteiger partial charge in [0.15, 0.2) is 0 Å². The van der Waals surface area contributed by atoms with Crippen LogP contribution in [-0.2, 0) is 16.2 Å². The van der Waals surface area contributed by atoms with Crippen molar-refractivity contribution in [1.29, 1.82) is 0 Å². The summed E-state index contributed by atoms with van der Waals surface area (Å²) in [6.07, 6.45) is -4.55. The molecule has 0 aromatic heterocycles. The zero-order chi connectivity index (χ0) is 22.1. The summed E-state index contributed by atoms with van der Waals surface area (Å²) < 4.78 is 70.5. The van der Waals surface area contributed by atoms with Gasteiger partial charge in [0.2, 0.25) is 10.0 Å². The van der Waals surface area contributed by atoms with E-state index in [0.717, 1.165) is 12.1 Å². The Morgan fingerprint density at radius 1 is 1.07 bits per heavy atom. The van der Waals surface area contributed by atoms with Crippen LogP contribution in [0.2, 0.25) is 5.02 Å². The number of benzene rings is 2. The largest absolute Gasteiger partial charge is 0.495 e. The lowest BCUT2D eigenvalue weighted by molar-refractivity contribution is -0.137. The third-order valence-electron chi connectivity index (χ3n) is 4.72. The number of rotatable bonds is 4. The fourth-order valence-electron chi connectivity index (χ4n) is 3.10. The van der Waals surface area contributed by atoms with E-state index in [0.29, 0.717) is 5.75 Å². The molecule has 0 spiro atoms. The first kappa shape index (κ1) is 22.4. The van der Waals surface area contributed by atoms with Gasteiger partial charge in [0, 0.05) is 31.7 Å².